The molecule has 0 amide bonds. The van der Waals surface area contributed by atoms with Crippen LogP contribution in [0.25, 0.3) is 0 Å². The second kappa shape index (κ2) is 5.84. The minimum absolute atomic E-state index is 0.181. The Morgan fingerprint density at radius 3 is 2.79 bits per heavy atom. The van der Waals surface area contributed by atoms with Crippen molar-refractivity contribution in [3.63, 3.8) is 0 Å². The van der Waals surface area contributed by atoms with E-state index in [-0.39, 0.29) is 18.5 Å². The van der Waals surface area contributed by atoms with Crippen molar-refractivity contribution in [1.82, 2.24) is 9.78 Å². The van der Waals surface area contributed by atoms with Crippen molar-refractivity contribution in [1.29, 1.82) is 0 Å². The van der Waals surface area contributed by atoms with E-state index in [2.05, 4.69) is 5.10 Å². The summed E-state index contributed by atoms with van der Waals surface area (Å²) in [7, 11) is 0. The zero-order chi connectivity index (χ0) is 13.8. The van der Waals surface area contributed by atoms with Crippen molar-refractivity contribution >= 4 is 0 Å². The third-order valence-electron chi connectivity index (χ3n) is 2.85. The van der Waals surface area contributed by atoms with Crippen LogP contribution in [0.5, 0.6) is 5.75 Å². The molecule has 102 valence electrons. The quantitative estimate of drug-likeness (QED) is 0.902. The minimum Gasteiger partial charge on any atom is -0.486 e. The molecule has 1 aromatic heterocycles. The van der Waals surface area contributed by atoms with Gasteiger partial charge in [-0.25, -0.2) is 4.39 Å². The van der Waals surface area contributed by atoms with Crippen molar-refractivity contribution in [3.8, 4) is 5.75 Å². The van der Waals surface area contributed by atoms with E-state index in [9.17, 15) is 4.39 Å². The molecule has 2 N–H and O–H groups in total. The maximum absolute atomic E-state index is 13.7. The number of nitrogens with zero attached hydrogens (tertiary/aromatic N) is 2. The first-order valence-corrected chi connectivity index (χ1v) is 6.24. The maximum atomic E-state index is 13.7. The Balaban J connectivity index is 2.01. The van der Waals surface area contributed by atoms with Crippen LogP contribution in [-0.4, -0.2) is 9.78 Å². The van der Waals surface area contributed by atoms with Crippen LogP contribution >= 0.6 is 0 Å². The highest BCUT2D eigenvalue weighted by Crippen LogP contribution is 2.16. The van der Waals surface area contributed by atoms with E-state index in [4.69, 9.17) is 10.5 Å². The molecule has 4 nitrogen and oxygen atoms in total. The van der Waals surface area contributed by atoms with E-state index in [0.29, 0.717) is 17.9 Å². The summed E-state index contributed by atoms with van der Waals surface area (Å²) < 4.78 is 21.0. The van der Waals surface area contributed by atoms with Gasteiger partial charge in [0.25, 0.3) is 0 Å². The molecule has 5 heteroatoms. The first-order chi connectivity index (χ1) is 9.10. The highest BCUT2D eigenvalue weighted by Gasteiger charge is 2.06. The largest absolute Gasteiger partial charge is 0.486 e. The number of hydrogen-bond donors (Lipinski definition) is 1. The smallest absolute Gasteiger partial charge is 0.157 e. The van der Waals surface area contributed by atoms with Crippen LogP contribution in [0.4, 0.5) is 4.39 Å². The summed E-state index contributed by atoms with van der Waals surface area (Å²) >= 11 is 0. The van der Waals surface area contributed by atoms with Gasteiger partial charge in [-0.05, 0) is 25.5 Å². The lowest BCUT2D eigenvalue weighted by molar-refractivity contribution is 0.299. The highest BCUT2D eigenvalue weighted by atomic mass is 19.1. The van der Waals surface area contributed by atoms with Gasteiger partial charge < -0.3 is 10.5 Å². The molecule has 2 aromatic rings. The zero-order valence-electron chi connectivity index (χ0n) is 11.1. The Labute approximate surface area is 112 Å². The van der Waals surface area contributed by atoms with Crippen molar-refractivity contribution in [2.75, 3.05) is 0 Å². The van der Waals surface area contributed by atoms with Crippen LogP contribution in [-0.2, 0) is 13.2 Å². The summed E-state index contributed by atoms with van der Waals surface area (Å²) in [5, 5.41) is 4.16. The highest BCUT2D eigenvalue weighted by molar-refractivity contribution is 5.24. The fraction of sp³-hybridized carbons (Fsp3) is 0.357. The van der Waals surface area contributed by atoms with Crippen molar-refractivity contribution in [2.45, 2.75) is 33.0 Å². The standard InChI is InChI=1S/C14H18FN3O/c1-10(2)18-8-13(7-17-18)19-9-12-4-3-11(6-16)5-14(12)15/h3-5,7-8,10H,6,9,16H2,1-2H3. The van der Waals surface area contributed by atoms with E-state index in [1.807, 2.05) is 13.8 Å². The van der Waals surface area contributed by atoms with Gasteiger partial charge in [0.1, 0.15) is 12.4 Å². The molecule has 1 heterocycles. The molecule has 0 atom stereocenters. The van der Waals surface area contributed by atoms with Gasteiger partial charge in [-0.2, -0.15) is 5.10 Å². The Morgan fingerprint density at radius 1 is 1.42 bits per heavy atom. The number of hydrogen-bond acceptors (Lipinski definition) is 3. The van der Waals surface area contributed by atoms with Gasteiger partial charge in [0.2, 0.25) is 0 Å². The summed E-state index contributed by atoms with van der Waals surface area (Å²) in [5.41, 5.74) is 6.74. The van der Waals surface area contributed by atoms with Gasteiger partial charge in [0.15, 0.2) is 5.75 Å². The van der Waals surface area contributed by atoms with Gasteiger partial charge in [0.05, 0.1) is 12.4 Å². The Kier molecular flexibility index (Phi) is 4.16. The third kappa shape index (κ3) is 3.32. The number of aromatic nitrogens is 2. The Hall–Kier alpha value is -1.88. The summed E-state index contributed by atoms with van der Waals surface area (Å²) in [6, 6.07) is 5.22. The van der Waals surface area contributed by atoms with Crippen LogP contribution in [0.2, 0.25) is 0 Å². The van der Waals surface area contributed by atoms with Crippen LogP contribution < -0.4 is 10.5 Å². The Bertz CT molecular complexity index is 551. The van der Waals surface area contributed by atoms with Crippen molar-refractivity contribution in [2.24, 2.45) is 5.73 Å². The first kappa shape index (κ1) is 13.5. The first-order valence-electron chi connectivity index (χ1n) is 6.24. The van der Waals surface area contributed by atoms with E-state index >= 15 is 0 Å². The second-order valence-corrected chi connectivity index (χ2v) is 4.67. The monoisotopic (exact) mass is 263 g/mol. The summed E-state index contributed by atoms with van der Waals surface area (Å²) in [5.74, 6) is 0.343. The molecular formula is C14H18FN3O. The summed E-state index contributed by atoms with van der Waals surface area (Å²) in [6.45, 7) is 4.57. The number of ether oxygens (including phenoxy) is 1. The van der Waals surface area contributed by atoms with E-state index in [0.717, 1.165) is 5.56 Å². The third-order valence-corrected chi connectivity index (χ3v) is 2.85. The van der Waals surface area contributed by atoms with Gasteiger partial charge in [-0.3, -0.25) is 4.68 Å². The predicted octanol–water partition coefficient (Wildman–Crippen LogP) is 2.64. The molecule has 0 fully saturated rings. The fourth-order valence-electron chi connectivity index (χ4n) is 1.67. The average Bonchev–Trinajstić information content (AvgIpc) is 2.86. The zero-order valence-corrected chi connectivity index (χ0v) is 11.1. The topological polar surface area (TPSA) is 53.1 Å². The van der Waals surface area contributed by atoms with Crippen LogP contribution in [0, 0.1) is 5.82 Å². The molecule has 0 saturated carbocycles. The molecule has 2 rings (SSSR count). The molecule has 1 aromatic carbocycles. The van der Waals surface area contributed by atoms with Gasteiger partial charge in [0, 0.05) is 18.2 Å². The minimum atomic E-state index is -0.292. The number of rotatable bonds is 5. The van der Waals surface area contributed by atoms with Crippen LogP contribution in [0.1, 0.15) is 31.0 Å². The van der Waals surface area contributed by atoms with Crippen LogP contribution in [0.15, 0.2) is 30.6 Å². The maximum Gasteiger partial charge on any atom is 0.157 e. The normalized spacial score (nSPS) is 11.0. The lowest BCUT2D eigenvalue weighted by atomic mass is 10.1. The van der Waals surface area contributed by atoms with Crippen molar-refractivity contribution < 1.29 is 9.13 Å². The van der Waals surface area contributed by atoms with Gasteiger partial charge in [-0.15, -0.1) is 0 Å². The molecular weight excluding hydrogens is 245 g/mol. The van der Waals surface area contributed by atoms with E-state index in [1.54, 1.807) is 29.2 Å². The summed E-state index contributed by atoms with van der Waals surface area (Å²) in [6.07, 6.45) is 3.43. The number of halogens is 1. The average molecular weight is 263 g/mol. The second-order valence-electron chi connectivity index (χ2n) is 4.67. The van der Waals surface area contributed by atoms with Gasteiger partial charge >= 0.3 is 0 Å². The van der Waals surface area contributed by atoms with Gasteiger partial charge in [-0.1, -0.05) is 12.1 Å². The molecule has 0 unspecified atom stereocenters. The lowest BCUT2D eigenvalue weighted by Gasteiger charge is -2.07. The Morgan fingerprint density at radius 2 is 2.21 bits per heavy atom. The van der Waals surface area contributed by atoms with Crippen molar-refractivity contribution in [3.05, 3.63) is 47.5 Å². The van der Waals surface area contributed by atoms with E-state index < -0.39 is 0 Å². The molecule has 0 aliphatic carbocycles. The SMILES string of the molecule is CC(C)n1cc(OCc2ccc(CN)cc2F)cn1. The molecule has 0 bridgehead atoms. The fourth-order valence-corrected chi connectivity index (χ4v) is 1.67. The molecule has 0 radical (unpaired) electrons. The van der Waals surface area contributed by atoms with Crippen LogP contribution in [0.3, 0.4) is 0 Å². The molecule has 0 saturated heterocycles. The molecule has 0 aliphatic heterocycles. The number of benzene rings is 1. The lowest BCUT2D eigenvalue weighted by Crippen LogP contribution is -2.02. The predicted molar refractivity (Wildman–Crippen MR) is 71.2 cm³/mol. The molecule has 19 heavy (non-hydrogen) atoms. The number of nitrogens with two attached hydrogens (primary N) is 1. The molecule has 0 aliphatic rings. The summed E-state index contributed by atoms with van der Waals surface area (Å²) in [4.78, 5) is 0. The van der Waals surface area contributed by atoms with E-state index in [1.165, 1.54) is 6.07 Å². The molecule has 0 spiro atoms.